The number of hydrogen-bond donors (Lipinski definition) is 0. The summed E-state index contributed by atoms with van der Waals surface area (Å²) in [7, 11) is 0. The van der Waals surface area contributed by atoms with Gasteiger partial charge in [-0.05, 0) is 30.9 Å². The van der Waals surface area contributed by atoms with Crippen LogP contribution in [0.2, 0.25) is 0 Å². The van der Waals surface area contributed by atoms with Crippen LogP contribution in [0.25, 0.3) is 5.69 Å². The van der Waals surface area contributed by atoms with Gasteiger partial charge in [-0.1, -0.05) is 6.42 Å². The van der Waals surface area contributed by atoms with Gasteiger partial charge in [-0.3, -0.25) is 14.2 Å². The predicted octanol–water partition coefficient (Wildman–Crippen LogP) is 1.53. The first kappa shape index (κ1) is 13.2. The van der Waals surface area contributed by atoms with E-state index in [9.17, 15) is 9.59 Å². The van der Waals surface area contributed by atoms with E-state index in [2.05, 4.69) is 0 Å². The molecule has 6 nitrogen and oxygen atoms in total. The number of aromatic nitrogens is 2. The summed E-state index contributed by atoms with van der Waals surface area (Å²) in [5, 5.41) is 0. The van der Waals surface area contributed by atoms with E-state index in [-0.39, 0.29) is 6.79 Å². The normalized spacial score (nSPS) is 16.5. The molecule has 0 radical (unpaired) electrons. The van der Waals surface area contributed by atoms with Gasteiger partial charge in [0.2, 0.25) is 6.79 Å². The Morgan fingerprint density at radius 2 is 1.86 bits per heavy atom. The molecule has 0 amide bonds. The van der Waals surface area contributed by atoms with Crippen LogP contribution in [-0.4, -0.2) is 15.9 Å². The first-order valence-electron chi connectivity index (χ1n) is 7.44. The monoisotopic (exact) mass is 300 g/mol. The third-order valence-electron chi connectivity index (χ3n) is 4.37. The topological polar surface area (TPSA) is 62.5 Å². The van der Waals surface area contributed by atoms with Crippen molar-refractivity contribution < 1.29 is 9.47 Å². The summed E-state index contributed by atoms with van der Waals surface area (Å²) < 4.78 is 13.4. The second kappa shape index (κ2) is 5.05. The third kappa shape index (κ3) is 2.11. The smallest absolute Gasteiger partial charge is 0.320 e. The van der Waals surface area contributed by atoms with Crippen molar-refractivity contribution in [3.05, 3.63) is 51.3 Å². The highest BCUT2D eigenvalue weighted by Crippen LogP contribution is 2.33. The number of nitrogens with zero attached hydrogens (tertiary/aromatic N) is 2. The Morgan fingerprint density at radius 3 is 2.64 bits per heavy atom. The standard InChI is InChI=1S/C16H16N2O4/c19-15-16(20)18(7-6-17(15)9-11-2-1-3-11)12-4-5-13-14(8-12)22-10-21-13/h4-8,11H,1-3,9-10H2. The van der Waals surface area contributed by atoms with E-state index in [1.807, 2.05) is 0 Å². The molecule has 1 aliphatic heterocycles. The Morgan fingerprint density at radius 1 is 1.05 bits per heavy atom. The van der Waals surface area contributed by atoms with Crippen LogP contribution in [-0.2, 0) is 6.54 Å². The van der Waals surface area contributed by atoms with Crippen LogP contribution in [0.5, 0.6) is 11.5 Å². The van der Waals surface area contributed by atoms with Gasteiger partial charge in [0.05, 0.1) is 5.69 Å². The maximum Gasteiger partial charge on any atom is 0.320 e. The molecule has 114 valence electrons. The van der Waals surface area contributed by atoms with Crippen LogP contribution >= 0.6 is 0 Å². The van der Waals surface area contributed by atoms with E-state index >= 15 is 0 Å². The fourth-order valence-corrected chi connectivity index (χ4v) is 2.84. The number of fused-ring (bicyclic) bond motifs is 1. The lowest BCUT2D eigenvalue weighted by Gasteiger charge is -2.25. The van der Waals surface area contributed by atoms with Gasteiger partial charge in [0, 0.05) is 25.0 Å². The summed E-state index contributed by atoms with van der Waals surface area (Å²) in [5.41, 5.74) is -0.421. The summed E-state index contributed by atoms with van der Waals surface area (Å²) in [6.45, 7) is 0.812. The highest BCUT2D eigenvalue weighted by molar-refractivity contribution is 5.49. The second-order valence-electron chi connectivity index (χ2n) is 5.77. The summed E-state index contributed by atoms with van der Waals surface area (Å²) in [6, 6.07) is 5.19. The largest absolute Gasteiger partial charge is 0.454 e. The Labute approximate surface area is 126 Å². The van der Waals surface area contributed by atoms with Crippen LogP contribution in [0.15, 0.2) is 40.2 Å². The highest BCUT2D eigenvalue weighted by atomic mass is 16.7. The van der Waals surface area contributed by atoms with Crippen LogP contribution in [0.1, 0.15) is 19.3 Å². The summed E-state index contributed by atoms with van der Waals surface area (Å²) in [6.07, 6.45) is 6.82. The van der Waals surface area contributed by atoms with Crippen molar-refractivity contribution in [3.8, 4) is 17.2 Å². The molecule has 2 aromatic rings. The zero-order valence-electron chi connectivity index (χ0n) is 12.0. The lowest BCUT2D eigenvalue weighted by molar-refractivity contribution is 0.174. The summed E-state index contributed by atoms with van der Waals surface area (Å²) in [5.74, 6) is 1.76. The van der Waals surface area contributed by atoms with Crippen LogP contribution < -0.4 is 20.6 Å². The maximum atomic E-state index is 12.3. The number of ether oxygens (including phenoxy) is 2. The van der Waals surface area contributed by atoms with Gasteiger partial charge in [-0.15, -0.1) is 0 Å². The molecule has 1 aliphatic carbocycles. The van der Waals surface area contributed by atoms with Crippen molar-refractivity contribution in [3.63, 3.8) is 0 Å². The molecule has 2 aliphatic rings. The molecule has 0 bridgehead atoms. The minimum atomic E-state index is -0.541. The molecule has 1 fully saturated rings. The number of hydrogen-bond acceptors (Lipinski definition) is 4. The third-order valence-corrected chi connectivity index (χ3v) is 4.37. The van der Waals surface area contributed by atoms with Gasteiger partial charge < -0.3 is 14.0 Å². The van der Waals surface area contributed by atoms with Crippen LogP contribution in [0.3, 0.4) is 0 Å². The molecule has 0 N–H and O–H groups in total. The Hall–Kier alpha value is -2.50. The lowest BCUT2D eigenvalue weighted by atomic mass is 9.85. The van der Waals surface area contributed by atoms with Gasteiger partial charge in [0.15, 0.2) is 11.5 Å². The van der Waals surface area contributed by atoms with Gasteiger partial charge in [0.1, 0.15) is 0 Å². The maximum absolute atomic E-state index is 12.3. The molecule has 0 unspecified atom stereocenters. The molecule has 1 aromatic heterocycles. The molecule has 6 heteroatoms. The quantitative estimate of drug-likeness (QED) is 0.806. The van der Waals surface area contributed by atoms with E-state index in [0.29, 0.717) is 29.6 Å². The zero-order valence-corrected chi connectivity index (χ0v) is 12.0. The van der Waals surface area contributed by atoms with Crippen molar-refractivity contribution >= 4 is 0 Å². The molecule has 22 heavy (non-hydrogen) atoms. The fraction of sp³-hybridized carbons (Fsp3) is 0.375. The fourth-order valence-electron chi connectivity index (χ4n) is 2.84. The average molecular weight is 300 g/mol. The Bertz CT molecular complexity index is 833. The van der Waals surface area contributed by atoms with Crippen LogP contribution in [0.4, 0.5) is 0 Å². The van der Waals surface area contributed by atoms with E-state index in [1.54, 1.807) is 30.6 Å². The first-order valence-corrected chi connectivity index (χ1v) is 7.44. The van der Waals surface area contributed by atoms with Crippen molar-refractivity contribution in [2.24, 2.45) is 5.92 Å². The summed E-state index contributed by atoms with van der Waals surface area (Å²) >= 11 is 0. The average Bonchev–Trinajstić information content (AvgIpc) is 2.94. The predicted molar refractivity (Wildman–Crippen MR) is 79.8 cm³/mol. The second-order valence-corrected chi connectivity index (χ2v) is 5.77. The summed E-state index contributed by atoms with van der Waals surface area (Å²) in [4.78, 5) is 24.6. The molecule has 0 atom stereocenters. The number of benzene rings is 1. The Balaban J connectivity index is 1.71. The minimum Gasteiger partial charge on any atom is -0.454 e. The molecular formula is C16H16N2O4. The molecule has 2 heterocycles. The molecule has 0 saturated heterocycles. The van der Waals surface area contributed by atoms with Crippen molar-refractivity contribution in [2.45, 2.75) is 25.8 Å². The van der Waals surface area contributed by atoms with E-state index < -0.39 is 11.1 Å². The van der Waals surface area contributed by atoms with Crippen molar-refractivity contribution in [1.29, 1.82) is 0 Å². The molecular weight excluding hydrogens is 284 g/mol. The van der Waals surface area contributed by atoms with Crippen molar-refractivity contribution in [1.82, 2.24) is 9.13 Å². The number of rotatable bonds is 3. The molecule has 0 spiro atoms. The molecule has 4 rings (SSSR count). The van der Waals surface area contributed by atoms with Gasteiger partial charge in [-0.2, -0.15) is 0 Å². The first-order chi connectivity index (χ1) is 10.7. The van der Waals surface area contributed by atoms with Gasteiger partial charge >= 0.3 is 11.1 Å². The van der Waals surface area contributed by atoms with E-state index in [1.165, 1.54) is 15.6 Å². The highest BCUT2D eigenvalue weighted by Gasteiger charge is 2.19. The lowest BCUT2D eigenvalue weighted by Crippen LogP contribution is -2.41. The molecule has 1 saturated carbocycles. The van der Waals surface area contributed by atoms with Gasteiger partial charge in [0.25, 0.3) is 0 Å². The molecule has 1 aromatic carbocycles. The van der Waals surface area contributed by atoms with Gasteiger partial charge in [-0.25, -0.2) is 0 Å². The Kier molecular flexibility index (Phi) is 3.03. The minimum absolute atomic E-state index is 0.177. The van der Waals surface area contributed by atoms with E-state index in [0.717, 1.165) is 12.8 Å². The zero-order chi connectivity index (χ0) is 15.1. The van der Waals surface area contributed by atoms with E-state index in [4.69, 9.17) is 9.47 Å². The SMILES string of the molecule is O=c1c(=O)n(-c2ccc3c(c2)OCO3)ccn1CC1CCC1. The van der Waals surface area contributed by atoms with Crippen molar-refractivity contribution in [2.75, 3.05) is 6.79 Å². The van der Waals surface area contributed by atoms with Crippen LogP contribution in [0, 0.1) is 5.92 Å².